The maximum atomic E-state index is 11.7. The Kier molecular flexibility index (Phi) is 5.84. The summed E-state index contributed by atoms with van der Waals surface area (Å²) >= 11 is 0. The van der Waals surface area contributed by atoms with Crippen LogP contribution >= 0.6 is 0 Å². The molecule has 1 saturated heterocycles. The van der Waals surface area contributed by atoms with Gasteiger partial charge in [-0.3, -0.25) is 0 Å². The molecule has 0 spiro atoms. The Morgan fingerprint density at radius 1 is 1.17 bits per heavy atom. The normalized spacial score (nSPS) is 19.7. The largest absolute Gasteiger partial charge is 0.356 e. The Balaban J connectivity index is 2.25. The summed E-state index contributed by atoms with van der Waals surface area (Å²) in [5.74, 6) is 2.96. The molecule has 2 heterocycles. The third-order valence-corrected chi connectivity index (χ3v) is 5.99. The van der Waals surface area contributed by atoms with Crippen LogP contribution in [0.5, 0.6) is 0 Å². The molecule has 0 bridgehead atoms. The Morgan fingerprint density at radius 2 is 1.78 bits per heavy atom. The van der Waals surface area contributed by atoms with Crippen molar-refractivity contribution in [1.82, 2.24) is 9.97 Å². The van der Waals surface area contributed by atoms with E-state index in [2.05, 4.69) is 28.7 Å². The van der Waals surface area contributed by atoms with E-state index >= 15 is 0 Å². The molecule has 1 aromatic rings. The minimum Gasteiger partial charge on any atom is -0.356 e. The zero-order valence-electron chi connectivity index (χ0n) is 14.6. The zero-order valence-corrected chi connectivity index (χ0v) is 15.4. The number of hydrogen-bond donors (Lipinski definition) is 0. The van der Waals surface area contributed by atoms with Crippen molar-refractivity contribution in [2.75, 3.05) is 41.4 Å². The van der Waals surface area contributed by atoms with Gasteiger partial charge in [0, 0.05) is 32.2 Å². The van der Waals surface area contributed by atoms with Crippen LogP contribution in [0.25, 0.3) is 0 Å². The van der Waals surface area contributed by atoms with Crippen LogP contribution in [0.1, 0.15) is 38.9 Å². The molecule has 1 aromatic heterocycles. The van der Waals surface area contributed by atoms with Gasteiger partial charge in [0.25, 0.3) is 0 Å². The molecule has 0 amide bonds. The van der Waals surface area contributed by atoms with Gasteiger partial charge in [0.1, 0.15) is 17.5 Å². The number of nitrogens with zero attached hydrogens (tertiary/aromatic N) is 4. The van der Waals surface area contributed by atoms with E-state index in [-0.39, 0.29) is 17.5 Å². The third kappa shape index (κ3) is 4.56. The first kappa shape index (κ1) is 18.0. The van der Waals surface area contributed by atoms with Crippen molar-refractivity contribution in [1.29, 1.82) is 0 Å². The van der Waals surface area contributed by atoms with Gasteiger partial charge in [0.15, 0.2) is 9.84 Å². The molecule has 1 aliphatic heterocycles. The lowest BCUT2D eigenvalue weighted by Crippen LogP contribution is -2.34. The van der Waals surface area contributed by atoms with E-state index in [1.807, 2.05) is 24.9 Å². The van der Waals surface area contributed by atoms with Crippen LogP contribution in [0.15, 0.2) is 6.07 Å². The molecule has 0 radical (unpaired) electrons. The van der Waals surface area contributed by atoms with Crippen LogP contribution in [-0.2, 0) is 9.84 Å². The molecule has 0 N–H and O–H groups in total. The van der Waals surface area contributed by atoms with Gasteiger partial charge in [0.05, 0.1) is 11.5 Å². The number of aromatic nitrogens is 2. The molecule has 1 aliphatic rings. The number of aryl methyl sites for hydroxylation is 1. The zero-order chi connectivity index (χ0) is 17.0. The van der Waals surface area contributed by atoms with Gasteiger partial charge in [-0.2, -0.15) is 0 Å². The molecule has 7 heteroatoms. The molecule has 2 rings (SSSR count). The van der Waals surface area contributed by atoms with Crippen molar-refractivity contribution < 1.29 is 8.42 Å². The van der Waals surface area contributed by atoms with E-state index in [1.165, 1.54) is 0 Å². The quantitative estimate of drug-likeness (QED) is 0.757. The summed E-state index contributed by atoms with van der Waals surface area (Å²) < 4.78 is 23.4. The first-order valence-electron chi connectivity index (χ1n) is 8.40. The van der Waals surface area contributed by atoms with E-state index in [9.17, 15) is 8.42 Å². The topological polar surface area (TPSA) is 66.4 Å². The SMILES string of the molecule is CCCN(CCC)c1cc(N(C)C2CCS(=O)(=O)C2)nc(C)n1. The maximum absolute atomic E-state index is 11.7. The predicted octanol–water partition coefficient (Wildman–Crippen LogP) is 2.03. The standard InChI is InChI=1S/C16H28N4O2S/c1-5-8-20(9-6-2)16-11-15(17-13(3)18-16)19(4)14-7-10-23(21,22)12-14/h11,14H,5-10,12H2,1-4H3. The molecule has 6 nitrogen and oxygen atoms in total. The van der Waals surface area contributed by atoms with Gasteiger partial charge in [-0.25, -0.2) is 18.4 Å². The highest BCUT2D eigenvalue weighted by molar-refractivity contribution is 7.91. The van der Waals surface area contributed by atoms with Gasteiger partial charge in [-0.1, -0.05) is 13.8 Å². The summed E-state index contributed by atoms with van der Waals surface area (Å²) in [6.45, 7) is 8.14. The Bertz CT molecular complexity index is 627. The van der Waals surface area contributed by atoms with Gasteiger partial charge >= 0.3 is 0 Å². The van der Waals surface area contributed by atoms with Crippen molar-refractivity contribution in [3.8, 4) is 0 Å². The summed E-state index contributed by atoms with van der Waals surface area (Å²) in [7, 11) is -0.966. The van der Waals surface area contributed by atoms with Crippen LogP contribution < -0.4 is 9.80 Å². The van der Waals surface area contributed by atoms with Crippen LogP contribution in [0, 0.1) is 6.92 Å². The van der Waals surface area contributed by atoms with Crippen LogP contribution in [-0.4, -0.2) is 56.1 Å². The van der Waals surface area contributed by atoms with Crippen molar-refractivity contribution in [2.24, 2.45) is 0 Å². The maximum Gasteiger partial charge on any atom is 0.152 e. The van der Waals surface area contributed by atoms with E-state index in [1.54, 1.807) is 0 Å². The highest BCUT2D eigenvalue weighted by atomic mass is 32.2. The second kappa shape index (κ2) is 7.47. The van der Waals surface area contributed by atoms with Crippen LogP contribution in [0.3, 0.4) is 0 Å². The monoisotopic (exact) mass is 340 g/mol. The summed E-state index contributed by atoms with van der Waals surface area (Å²) in [6.07, 6.45) is 2.80. The van der Waals surface area contributed by atoms with Crippen LogP contribution in [0.2, 0.25) is 0 Å². The average molecular weight is 340 g/mol. The number of sulfone groups is 1. The molecule has 0 saturated carbocycles. The van der Waals surface area contributed by atoms with Crippen molar-refractivity contribution >= 4 is 21.5 Å². The number of rotatable bonds is 7. The molecular weight excluding hydrogens is 312 g/mol. The number of hydrogen-bond acceptors (Lipinski definition) is 6. The van der Waals surface area contributed by atoms with Gasteiger partial charge in [-0.15, -0.1) is 0 Å². The first-order valence-corrected chi connectivity index (χ1v) is 10.2. The average Bonchev–Trinajstić information content (AvgIpc) is 2.86. The van der Waals surface area contributed by atoms with E-state index in [4.69, 9.17) is 0 Å². The van der Waals surface area contributed by atoms with E-state index in [0.29, 0.717) is 6.42 Å². The molecule has 1 unspecified atom stereocenters. The first-order chi connectivity index (χ1) is 10.9. The smallest absolute Gasteiger partial charge is 0.152 e. The molecule has 0 aliphatic carbocycles. The van der Waals surface area contributed by atoms with Gasteiger partial charge in [-0.05, 0) is 26.2 Å². The van der Waals surface area contributed by atoms with Crippen molar-refractivity contribution in [2.45, 2.75) is 46.1 Å². The Labute approximate surface area is 139 Å². The minimum atomic E-state index is -2.90. The van der Waals surface area contributed by atoms with Gasteiger partial charge < -0.3 is 9.80 Å². The fourth-order valence-electron chi connectivity index (χ4n) is 3.03. The van der Waals surface area contributed by atoms with Gasteiger partial charge in [0.2, 0.25) is 0 Å². The lowest BCUT2D eigenvalue weighted by Gasteiger charge is -2.27. The lowest BCUT2D eigenvalue weighted by atomic mass is 10.2. The molecule has 0 aromatic carbocycles. The summed E-state index contributed by atoms with van der Waals surface area (Å²) in [6, 6.07) is 2.00. The fraction of sp³-hybridized carbons (Fsp3) is 0.750. The van der Waals surface area contributed by atoms with E-state index < -0.39 is 9.84 Å². The second-order valence-corrected chi connectivity index (χ2v) is 8.52. The van der Waals surface area contributed by atoms with E-state index in [0.717, 1.165) is 43.4 Å². The number of anilines is 2. The summed E-state index contributed by atoms with van der Waals surface area (Å²) in [5.41, 5.74) is 0. The van der Waals surface area contributed by atoms with Crippen molar-refractivity contribution in [3.05, 3.63) is 11.9 Å². The predicted molar refractivity (Wildman–Crippen MR) is 95.0 cm³/mol. The molecular formula is C16H28N4O2S. The summed E-state index contributed by atoms with van der Waals surface area (Å²) in [5, 5.41) is 0. The van der Waals surface area contributed by atoms with Crippen LogP contribution in [0.4, 0.5) is 11.6 Å². The molecule has 23 heavy (non-hydrogen) atoms. The highest BCUT2D eigenvalue weighted by Gasteiger charge is 2.31. The third-order valence-electron chi connectivity index (χ3n) is 4.24. The Hall–Kier alpha value is -1.37. The highest BCUT2D eigenvalue weighted by Crippen LogP contribution is 2.24. The second-order valence-electron chi connectivity index (χ2n) is 6.29. The fourth-order valence-corrected chi connectivity index (χ4v) is 4.80. The molecule has 130 valence electrons. The molecule has 1 atom stereocenters. The lowest BCUT2D eigenvalue weighted by molar-refractivity contribution is 0.600. The minimum absolute atomic E-state index is 0.00736. The van der Waals surface area contributed by atoms with Crippen molar-refractivity contribution in [3.63, 3.8) is 0 Å². The Morgan fingerprint density at radius 3 is 2.30 bits per heavy atom. The molecule has 1 fully saturated rings. The summed E-state index contributed by atoms with van der Waals surface area (Å²) in [4.78, 5) is 13.4.